The SMILES string of the molecule is COCC(C)NCCn1nc(C)ccc1=O. The van der Waals surface area contributed by atoms with Crippen LogP contribution in [0.25, 0.3) is 0 Å². The highest BCUT2D eigenvalue weighted by Crippen LogP contribution is 1.86. The van der Waals surface area contributed by atoms with Gasteiger partial charge in [-0.1, -0.05) is 0 Å². The van der Waals surface area contributed by atoms with E-state index in [4.69, 9.17) is 4.74 Å². The largest absolute Gasteiger partial charge is 0.383 e. The molecule has 90 valence electrons. The Morgan fingerprint density at radius 2 is 2.31 bits per heavy atom. The third-order valence-electron chi connectivity index (χ3n) is 2.23. The number of ether oxygens (including phenoxy) is 1. The minimum atomic E-state index is -0.0632. The summed E-state index contributed by atoms with van der Waals surface area (Å²) in [4.78, 5) is 11.4. The van der Waals surface area contributed by atoms with Crippen molar-refractivity contribution in [3.8, 4) is 0 Å². The van der Waals surface area contributed by atoms with Crippen LogP contribution in [0, 0.1) is 6.92 Å². The van der Waals surface area contributed by atoms with Crippen molar-refractivity contribution in [3.05, 3.63) is 28.2 Å². The van der Waals surface area contributed by atoms with Crippen LogP contribution in [-0.2, 0) is 11.3 Å². The molecule has 1 aromatic heterocycles. The fourth-order valence-electron chi connectivity index (χ4n) is 1.44. The lowest BCUT2D eigenvalue weighted by Crippen LogP contribution is -2.35. The Hall–Kier alpha value is -1.20. The molecule has 5 heteroatoms. The van der Waals surface area contributed by atoms with Crippen molar-refractivity contribution >= 4 is 0 Å². The minimum absolute atomic E-state index is 0.0632. The molecule has 0 fully saturated rings. The molecule has 0 aliphatic heterocycles. The first-order valence-corrected chi connectivity index (χ1v) is 5.40. The van der Waals surface area contributed by atoms with Gasteiger partial charge < -0.3 is 10.1 Å². The molecule has 0 aromatic carbocycles. The van der Waals surface area contributed by atoms with Gasteiger partial charge in [-0.15, -0.1) is 0 Å². The van der Waals surface area contributed by atoms with Crippen molar-refractivity contribution in [2.45, 2.75) is 26.4 Å². The van der Waals surface area contributed by atoms with Gasteiger partial charge in [-0.3, -0.25) is 4.79 Å². The maximum absolute atomic E-state index is 11.4. The lowest BCUT2D eigenvalue weighted by Gasteiger charge is -2.12. The third kappa shape index (κ3) is 4.12. The molecule has 0 saturated heterocycles. The molecule has 16 heavy (non-hydrogen) atoms. The molecule has 0 aliphatic carbocycles. The maximum atomic E-state index is 11.4. The number of nitrogens with zero attached hydrogens (tertiary/aromatic N) is 2. The zero-order valence-electron chi connectivity index (χ0n) is 10.1. The summed E-state index contributed by atoms with van der Waals surface area (Å²) in [6.45, 7) is 5.86. The smallest absolute Gasteiger partial charge is 0.266 e. The van der Waals surface area contributed by atoms with Crippen LogP contribution < -0.4 is 10.9 Å². The highest BCUT2D eigenvalue weighted by molar-refractivity contribution is 4.96. The van der Waals surface area contributed by atoms with E-state index in [1.807, 2.05) is 13.8 Å². The van der Waals surface area contributed by atoms with Crippen molar-refractivity contribution < 1.29 is 4.74 Å². The van der Waals surface area contributed by atoms with Crippen LogP contribution in [-0.4, -0.2) is 36.1 Å². The molecule has 1 N–H and O–H groups in total. The summed E-state index contributed by atoms with van der Waals surface area (Å²) in [5, 5.41) is 7.40. The van der Waals surface area contributed by atoms with Crippen LogP contribution in [0.3, 0.4) is 0 Å². The second-order valence-electron chi connectivity index (χ2n) is 3.85. The predicted octanol–water partition coefficient (Wildman–Crippen LogP) is 0.176. The zero-order chi connectivity index (χ0) is 12.0. The second-order valence-corrected chi connectivity index (χ2v) is 3.85. The van der Waals surface area contributed by atoms with E-state index in [9.17, 15) is 4.79 Å². The minimum Gasteiger partial charge on any atom is -0.383 e. The van der Waals surface area contributed by atoms with Gasteiger partial charge in [0.2, 0.25) is 0 Å². The van der Waals surface area contributed by atoms with Gasteiger partial charge in [-0.25, -0.2) is 4.68 Å². The summed E-state index contributed by atoms with van der Waals surface area (Å²) >= 11 is 0. The summed E-state index contributed by atoms with van der Waals surface area (Å²) in [6, 6.07) is 3.55. The van der Waals surface area contributed by atoms with Gasteiger partial charge in [0.25, 0.3) is 5.56 Å². The standard InChI is InChI=1S/C11H19N3O2/c1-9-4-5-11(15)14(13-9)7-6-12-10(2)8-16-3/h4-5,10,12H,6-8H2,1-3H3. The van der Waals surface area contributed by atoms with Crippen molar-refractivity contribution in [2.75, 3.05) is 20.3 Å². The molecule has 0 saturated carbocycles. The van der Waals surface area contributed by atoms with Crippen molar-refractivity contribution in [3.63, 3.8) is 0 Å². The van der Waals surface area contributed by atoms with E-state index in [0.717, 1.165) is 5.69 Å². The monoisotopic (exact) mass is 225 g/mol. The molecule has 0 aliphatic rings. The Morgan fingerprint density at radius 3 is 3.00 bits per heavy atom. The van der Waals surface area contributed by atoms with Crippen LogP contribution in [0.4, 0.5) is 0 Å². The van der Waals surface area contributed by atoms with E-state index < -0.39 is 0 Å². The lowest BCUT2D eigenvalue weighted by atomic mass is 10.3. The van der Waals surface area contributed by atoms with Crippen molar-refractivity contribution in [1.82, 2.24) is 15.1 Å². The molecule has 1 unspecified atom stereocenters. The van der Waals surface area contributed by atoms with Crippen LogP contribution in [0.1, 0.15) is 12.6 Å². The maximum Gasteiger partial charge on any atom is 0.266 e. The summed E-state index contributed by atoms with van der Waals surface area (Å²) < 4.78 is 6.48. The van der Waals surface area contributed by atoms with Crippen LogP contribution in [0.2, 0.25) is 0 Å². The molecular formula is C11H19N3O2. The summed E-state index contributed by atoms with van der Waals surface area (Å²) in [6.07, 6.45) is 0. The fourth-order valence-corrected chi connectivity index (χ4v) is 1.44. The van der Waals surface area contributed by atoms with E-state index in [1.165, 1.54) is 4.68 Å². The number of aryl methyl sites for hydroxylation is 1. The van der Waals surface area contributed by atoms with Crippen LogP contribution in [0.15, 0.2) is 16.9 Å². The van der Waals surface area contributed by atoms with E-state index in [0.29, 0.717) is 19.7 Å². The lowest BCUT2D eigenvalue weighted by molar-refractivity contribution is 0.171. The number of hydrogen-bond donors (Lipinski definition) is 1. The Bertz CT molecular complexity index is 376. The highest BCUT2D eigenvalue weighted by atomic mass is 16.5. The number of nitrogens with one attached hydrogen (secondary N) is 1. The first-order valence-electron chi connectivity index (χ1n) is 5.40. The van der Waals surface area contributed by atoms with Gasteiger partial charge in [-0.2, -0.15) is 5.10 Å². The molecular weight excluding hydrogens is 206 g/mol. The molecule has 1 atom stereocenters. The van der Waals surface area contributed by atoms with E-state index >= 15 is 0 Å². The van der Waals surface area contributed by atoms with Crippen molar-refractivity contribution in [1.29, 1.82) is 0 Å². The highest BCUT2D eigenvalue weighted by Gasteiger charge is 2.01. The summed E-state index contributed by atoms with van der Waals surface area (Å²) in [5.41, 5.74) is 0.788. The Morgan fingerprint density at radius 1 is 1.56 bits per heavy atom. The zero-order valence-corrected chi connectivity index (χ0v) is 10.1. The Balaban J connectivity index is 2.43. The van der Waals surface area contributed by atoms with E-state index in [1.54, 1.807) is 19.2 Å². The topological polar surface area (TPSA) is 56.1 Å². The molecule has 0 radical (unpaired) electrons. The molecule has 1 aromatic rings. The average molecular weight is 225 g/mol. The van der Waals surface area contributed by atoms with E-state index in [2.05, 4.69) is 10.4 Å². The van der Waals surface area contributed by atoms with E-state index in [-0.39, 0.29) is 11.6 Å². The number of hydrogen-bond acceptors (Lipinski definition) is 4. The number of methoxy groups -OCH3 is 1. The van der Waals surface area contributed by atoms with Gasteiger partial charge in [-0.05, 0) is 19.9 Å². The quantitative estimate of drug-likeness (QED) is 0.750. The Labute approximate surface area is 95.4 Å². The molecule has 0 bridgehead atoms. The second kappa shape index (κ2) is 6.40. The summed E-state index contributed by atoms with van der Waals surface area (Å²) in [7, 11) is 1.67. The first kappa shape index (κ1) is 12.9. The van der Waals surface area contributed by atoms with Gasteiger partial charge in [0.15, 0.2) is 0 Å². The summed E-state index contributed by atoms with van der Waals surface area (Å²) in [5.74, 6) is 0. The van der Waals surface area contributed by atoms with Crippen LogP contribution in [0.5, 0.6) is 0 Å². The molecule has 1 heterocycles. The van der Waals surface area contributed by atoms with Crippen molar-refractivity contribution in [2.24, 2.45) is 0 Å². The van der Waals surface area contributed by atoms with Gasteiger partial charge in [0, 0.05) is 25.8 Å². The number of rotatable bonds is 6. The fraction of sp³-hybridized carbons (Fsp3) is 0.636. The van der Waals surface area contributed by atoms with Gasteiger partial charge in [0.1, 0.15) is 0 Å². The van der Waals surface area contributed by atoms with Gasteiger partial charge >= 0.3 is 0 Å². The first-order chi connectivity index (χ1) is 7.63. The number of aromatic nitrogens is 2. The molecule has 5 nitrogen and oxygen atoms in total. The molecule has 1 rings (SSSR count). The predicted molar refractivity (Wildman–Crippen MR) is 62.6 cm³/mol. The average Bonchev–Trinajstić information content (AvgIpc) is 2.23. The Kier molecular flexibility index (Phi) is 5.14. The molecule has 0 spiro atoms. The molecule has 0 amide bonds. The third-order valence-corrected chi connectivity index (χ3v) is 2.23. The van der Waals surface area contributed by atoms with Crippen LogP contribution >= 0.6 is 0 Å². The van der Waals surface area contributed by atoms with Gasteiger partial charge in [0.05, 0.1) is 18.8 Å². The normalized spacial score (nSPS) is 12.7.